The largest absolute Gasteiger partial charge is 0.383 e. The molecule has 0 heterocycles. The molecule has 1 rings (SSSR count). The molecule has 4 heteroatoms. The Morgan fingerprint density at radius 3 is 2.63 bits per heavy atom. The molecule has 0 aliphatic carbocycles. The summed E-state index contributed by atoms with van der Waals surface area (Å²) in [5, 5.41) is 3.14. The van der Waals surface area contributed by atoms with Crippen LogP contribution in [0.15, 0.2) is 24.3 Å². The van der Waals surface area contributed by atoms with E-state index in [2.05, 4.69) is 24.1 Å². The first-order valence-corrected chi connectivity index (χ1v) is 6.83. The van der Waals surface area contributed by atoms with Gasteiger partial charge in [0.05, 0.1) is 12.3 Å². The summed E-state index contributed by atoms with van der Waals surface area (Å²) in [6.07, 6.45) is 0. The van der Waals surface area contributed by atoms with Crippen molar-refractivity contribution in [3.05, 3.63) is 30.1 Å². The minimum atomic E-state index is -0.199. The van der Waals surface area contributed by atoms with Crippen LogP contribution in [0.25, 0.3) is 0 Å². The predicted octanol–water partition coefficient (Wildman–Crippen LogP) is 2.84. The Bertz CT molecular complexity index is 358. The van der Waals surface area contributed by atoms with Crippen LogP contribution in [0.1, 0.15) is 13.8 Å². The van der Waals surface area contributed by atoms with E-state index in [0.29, 0.717) is 11.6 Å². The van der Waals surface area contributed by atoms with Gasteiger partial charge in [-0.1, -0.05) is 26.0 Å². The molecule has 0 amide bonds. The van der Waals surface area contributed by atoms with Crippen molar-refractivity contribution in [2.24, 2.45) is 5.92 Å². The smallest absolute Gasteiger partial charge is 0.146 e. The highest BCUT2D eigenvalue weighted by molar-refractivity contribution is 5.44. The van der Waals surface area contributed by atoms with Crippen molar-refractivity contribution in [2.75, 3.05) is 45.2 Å². The van der Waals surface area contributed by atoms with Gasteiger partial charge in [0, 0.05) is 33.3 Å². The molecule has 108 valence electrons. The maximum Gasteiger partial charge on any atom is 0.146 e. The third-order valence-corrected chi connectivity index (χ3v) is 2.85. The fraction of sp³-hybridized carbons (Fsp3) is 0.600. The first-order valence-electron chi connectivity index (χ1n) is 6.83. The van der Waals surface area contributed by atoms with Crippen molar-refractivity contribution in [3.63, 3.8) is 0 Å². The average molecular weight is 268 g/mol. The molecule has 3 nitrogen and oxygen atoms in total. The van der Waals surface area contributed by atoms with Crippen LogP contribution in [0, 0.1) is 11.7 Å². The Morgan fingerprint density at radius 2 is 2.00 bits per heavy atom. The van der Waals surface area contributed by atoms with E-state index in [1.54, 1.807) is 19.2 Å². The zero-order chi connectivity index (χ0) is 14.1. The number of nitrogens with one attached hydrogen (secondary N) is 1. The lowest BCUT2D eigenvalue weighted by molar-refractivity contribution is 0.143. The van der Waals surface area contributed by atoms with E-state index in [0.717, 1.165) is 32.8 Å². The van der Waals surface area contributed by atoms with Crippen LogP contribution >= 0.6 is 0 Å². The first-order chi connectivity index (χ1) is 9.13. The topological polar surface area (TPSA) is 24.5 Å². The Labute approximate surface area is 115 Å². The predicted molar refractivity (Wildman–Crippen MR) is 78.0 cm³/mol. The Balaban J connectivity index is 2.36. The summed E-state index contributed by atoms with van der Waals surface area (Å²) in [4.78, 5) is 2.34. The second-order valence-corrected chi connectivity index (χ2v) is 5.09. The number of hydrogen-bond donors (Lipinski definition) is 1. The van der Waals surface area contributed by atoms with Crippen LogP contribution in [0.4, 0.5) is 10.1 Å². The van der Waals surface area contributed by atoms with Gasteiger partial charge in [-0.15, -0.1) is 0 Å². The molecule has 0 fully saturated rings. The van der Waals surface area contributed by atoms with E-state index in [-0.39, 0.29) is 5.82 Å². The summed E-state index contributed by atoms with van der Waals surface area (Å²) in [7, 11) is 1.71. The zero-order valence-electron chi connectivity index (χ0n) is 12.2. The van der Waals surface area contributed by atoms with Gasteiger partial charge < -0.3 is 10.1 Å². The first kappa shape index (κ1) is 15.9. The van der Waals surface area contributed by atoms with E-state index >= 15 is 0 Å². The van der Waals surface area contributed by atoms with Crippen LogP contribution in [-0.2, 0) is 4.74 Å². The lowest BCUT2D eigenvalue weighted by atomic mass is 10.2. The van der Waals surface area contributed by atoms with Crippen molar-refractivity contribution in [2.45, 2.75) is 13.8 Å². The van der Waals surface area contributed by atoms with Crippen LogP contribution in [-0.4, -0.2) is 44.8 Å². The fourth-order valence-electron chi connectivity index (χ4n) is 1.98. The molecule has 0 aliphatic heterocycles. The molecule has 0 spiro atoms. The van der Waals surface area contributed by atoms with Gasteiger partial charge >= 0.3 is 0 Å². The summed E-state index contributed by atoms with van der Waals surface area (Å²) >= 11 is 0. The number of benzene rings is 1. The van der Waals surface area contributed by atoms with Crippen molar-refractivity contribution in [1.29, 1.82) is 0 Å². The molecule has 0 unspecified atom stereocenters. The van der Waals surface area contributed by atoms with Crippen LogP contribution < -0.4 is 5.32 Å². The quantitative estimate of drug-likeness (QED) is 0.745. The molecule has 0 saturated carbocycles. The van der Waals surface area contributed by atoms with Gasteiger partial charge in [0.2, 0.25) is 0 Å². The van der Waals surface area contributed by atoms with E-state index in [1.165, 1.54) is 6.07 Å². The highest BCUT2D eigenvalue weighted by Crippen LogP contribution is 2.11. The van der Waals surface area contributed by atoms with Gasteiger partial charge in [-0.3, -0.25) is 4.90 Å². The average Bonchev–Trinajstić information content (AvgIpc) is 2.37. The number of rotatable bonds is 9. The third-order valence-electron chi connectivity index (χ3n) is 2.85. The fourth-order valence-corrected chi connectivity index (χ4v) is 1.98. The van der Waals surface area contributed by atoms with Crippen molar-refractivity contribution in [1.82, 2.24) is 4.90 Å². The van der Waals surface area contributed by atoms with Crippen molar-refractivity contribution >= 4 is 5.69 Å². The number of ether oxygens (including phenoxy) is 1. The standard InChI is InChI=1S/C15H25FN2O/c1-13(2)12-18(10-11-19-3)9-8-17-15-7-5-4-6-14(15)16/h4-7,13,17H,8-12H2,1-3H3. The molecule has 1 aromatic carbocycles. The second kappa shape index (κ2) is 8.88. The Kier molecular flexibility index (Phi) is 7.45. The Morgan fingerprint density at radius 1 is 1.26 bits per heavy atom. The summed E-state index contributed by atoms with van der Waals surface area (Å²) in [5.74, 6) is 0.417. The van der Waals surface area contributed by atoms with E-state index in [9.17, 15) is 4.39 Å². The third kappa shape index (κ3) is 6.55. The van der Waals surface area contributed by atoms with Gasteiger partial charge in [-0.05, 0) is 18.1 Å². The number of para-hydroxylation sites is 1. The number of nitrogens with zero attached hydrogens (tertiary/aromatic N) is 1. The van der Waals surface area contributed by atoms with E-state index < -0.39 is 0 Å². The van der Waals surface area contributed by atoms with Gasteiger partial charge in [-0.2, -0.15) is 0 Å². The molecule has 0 bridgehead atoms. The van der Waals surface area contributed by atoms with E-state index in [1.807, 2.05) is 6.07 Å². The minimum Gasteiger partial charge on any atom is -0.383 e. The van der Waals surface area contributed by atoms with Crippen molar-refractivity contribution in [3.8, 4) is 0 Å². The number of hydrogen-bond acceptors (Lipinski definition) is 3. The molecular weight excluding hydrogens is 243 g/mol. The lowest BCUT2D eigenvalue weighted by Gasteiger charge is -2.24. The van der Waals surface area contributed by atoms with Crippen LogP contribution in [0.5, 0.6) is 0 Å². The number of anilines is 1. The molecular formula is C15H25FN2O. The number of halogens is 1. The molecule has 19 heavy (non-hydrogen) atoms. The SMILES string of the molecule is COCCN(CCNc1ccccc1F)CC(C)C. The van der Waals surface area contributed by atoms with Gasteiger partial charge in [-0.25, -0.2) is 4.39 Å². The maximum atomic E-state index is 13.4. The maximum absolute atomic E-state index is 13.4. The highest BCUT2D eigenvalue weighted by Gasteiger charge is 2.07. The Hall–Kier alpha value is -1.13. The van der Waals surface area contributed by atoms with E-state index in [4.69, 9.17) is 4.74 Å². The van der Waals surface area contributed by atoms with Gasteiger partial charge in [0.15, 0.2) is 0 Å². The zero-order valence-corrected chi connectivity index (χ0v) is 12.2. The van der Waals surface area contributed by atoms with Gasteiger partial charge in [0.1, 0.15) is 5.82 Å². The molecule has 0 atom stereocenters. The molecule has 0 aromatic heterocycles. The molecule has 0 aliphatic rings. The van der Waals surface area contributed by atoms with Crippen molar-refractivity contribution < 1.29 is 9.13 Å². The highest BCUT2D eigenvalue weighted by atomic mass is 19.1. The molecule has 0 radical (unpaired) electrons. The van der Waals surface area contributed by atoms with Gasteiger partial charge in [0.25, 0.3) is 0 Å². The minimum absolute atomic E-state index is 0.199. The second-order valence-electron chi connectivity index (χ2n) is 5.09. The lowest BCUT2D eigenvalue weighted by Crippen LogP contribution is -2.35. The molecule has 0 saturated heterocycles. The van der Waals surface area contributed by atoms with Crippen LogP contribution in [0.3, 0.4) is 0 Å². The molecule has 1 N–H and O–H groups in total. The summed E-state index contributed by atoms with van der Waals surface area (Å²) in [6.45, 7) is 8.68. The van der Waals surface area contributed by atoms with Crippen LogP contribution in [0.2, 0.25) is 0 Å². The summed E-state index contributed by atoms with van der Waals surface area (Å²) in [6, 6.07) is 6.77. The summed E-state index contributed by atoms with van der Waals surface area (Å²) < 4.78 is 18.5. The molecule has 1 aromatic rings. The normalized spacial score (nSPS) is 11.3. The summed E-state index contributed by atoms with van der Waals surface area (Å²) in [5.41, 5.74) is 0.568. The number of methoxy groups -OCH3 is 1. The monoisotopic (exact) mass is 268 g/mol.